The molecule has 0 saturated carbocycles. The van der Waals surface area contributed by atoms with Crippen molar-refractivity contribution in [3.05, 3.63) is 35.4 Å². The Bertz CT molecular complexity index is 576. The number of benzene rings is 1. The molecule has 0 saturated heterocycles. The van der Waals surface area contributed by atoms with Gasteiger partial charge in [0, 0.05) is 26.7 Å². The van der Waals surface area contributed by atoms with Gasteiger partial charge in [0.05, 0.1) is 5.75 Å². The highest BCUT2D eigenvalue weighted by Crippen LogP contribution is 2.05. The van der Waals surface area contributed by atoms with E-state index < -0.39 is 10.0 Å². The van der Waals surface area contributed by atoms with Crippen molar-refractivity contribution >= 4 is 40.0 Å². The molecule has 0 aromatic heterocycles. The first-order valence-corrected chi connectivity index (χ1v) is 8.60. The van der Waals surface area contributed by atoms with E-state index in [1.54, 1.807) is 14.0 Å². The van der Waals surface area contributed by atoms with Crippen molar-refractivity contribution < 1.29 is 8.42 Å². The van der Waals surface area contributed by atoms with Crippen molar-refractivity contribution in [1.29, 1.82) is 0 Å². The minimum absolute atomic E-state index is 0. The quantitative estimate of drug-likeness (QED) is 0.258. The van der Waals surface area contributed by atoms with E-state index in [0.717, 1.165) is 0 Å². The Morgan fingerprint density at radius 1 is 1.18 bits per heavy atom. The van der Waals surface area contributed by atoms with Gasteiger partial charge in [-0.3, -0.25) is 4.99 Å². The van der Waals surface area contributed by atoms with Crippen molar-refractivity contribution in [2.75, 3.05) is 25.9 Å². The molecule has 1 aromatic carbocycles. The largest absolute Gasteiger partial charge is 0.355 e. The minimum atomic E-state index is -3.14. The third kappa shape index (κ3) is 7.95. The summed E-state index contributed by atoms with van der Waals surface area (Å²) >= 11 is 0. The van der Waals surface area contributed by atoms with Crippen LogP contribution in [0.25, 0.3) is 0 Å². The standard InChI is InChI=1S/C14H24N4O2S.HI/c1-4-21(19,20)18-10-9-16-14(15-3)17-11-13-8-6-5-7-12(13)2;/h5-8,18H,4,9-11H2,1-3H3,(H2,15,16,17);1H. The van der Waals surface area contributed by atoms with Gasteiger partial charge in [0.2, 0.25) is 10.0 Å². The van der Waals surface area contributed by atoms with Crippen molar-refractivity contribution in [3.8, 4) is 0 Å². The summed E-state index contributed by atoms with van der Waals surface area (Å²) in [6.07, 6.45) is 0. The summed E-state index contributed by atoms with van der Waals surface area (Å²) in [6, 6.07) is 8.13. The normalized spacial score (nSPS) is 11.7. The number of guanidine groups is 1. The number of rotatable bonds is 7. The third-order valence-electron chi connectivity index (χ3n) is 3.05. The van der Waals surface area contributed by atoms with Gasteiger partial charge < -0.3 is 10.6 Å². The van der Waals surface area contributed by atoms with E-state index in [9.17, 15) is 8.42 Å². The third-order valence-corrected chi connectivity index (χ3v) is 4.45. The van der Waals surface area contributed by atoms with Crippen LogP contribution in [0.1, 0.15) is 18.1 Å². The fourth-order valence-corrected chi connectivity index (χ4v) is 2.31. The summed E-state index contributed by atoms with van der Waals surface area (Å²) in [5.41, 5.74) is 2.42. The minimum Gasteiger partial charge on any atom is -0.355 e. The number of hydrogen-bond donors (Lipinski definition) is 3. The number of sulfonamides is 1. The second kappa shape index (κ2) is 10.8. The first-order valence-electron chi connectivity index (χ1n) is 6.95. The number of aryl methyl sites for hydroxylation is 1. The predicted molar refractivity (Wildman–Crippen MR) is 102 cm³/mol. The molecule has 22 heavy (non-hydrogen) atoms. The highest BCUT2D eigenvalue weighted by Gasteiger charge is 2.05. The van der Waals surface area contributed by atoms with E-state index in [1.807, 2.05) is 12.1 Å². The van der Waals surface area contributed by atoms with Gasteiger partial charge in [0.1, 0.15) is 0 Å². The van der Waals surface area contributed by atoms with Crippen LogP contribution in [0.3, 0.4) is 0 Å². The van der Waals surface area contributed by atoms with Gasteiger partial charge in [-0.05, 0) is 25.0 Å². The molecule has 0 unspecified atom stereocenters. The Morgan fingerprint density at radius 3 is 2.45 bits per heavy atom. The molecule has 126 valence electrons. The highest BCUT2D eigenvalue weighted by molar-refractivity contribution is 14.0. The summed E-state index contributed by atoms with van der Waals surface area (Å²) < 4.78 is 25.1. The average molecular weight is 440 g/mol. The van der Waals surface area contributed by atoms with Crippen molar-refractivity contribution in [2.24, 2.45) is 4.99 Å². The maximum absolute atomic E-state index is 11.3. The Labute approximate surface area is 150 Å². The molecule has 0 aliphatic heterocycles. The SMILES string of the molecule is CCS(=O)(=O)NCCNC(=NC)NCc1ccccc1C.I. The maximum atomic E-state index is 11.3. The average Bonchev–Trinajstić information content (AvgIpc) is 2.48. The molecule has 1 rings (SSSR count). The summed E-state index contributed by atoms with van der Waals surface area (Å²) in [4.78, 5) is 4.10. The topological polar surface area (TPSA) is 82.6 Å². The Balaban J connectivity index is 0.00000441. The van der Waals surface area contributed by atoms with Gasteiger partial charge in [0.25, 0.3) is 0 Å². The molecule has 0 atom stereocenters. The van der Waals surface area contributed by atoms with Gasteiger partial charge in [-0.25, -0.2) is 13.1 Å². The molecule has 0 bridgehead atoms. The number of nitrogens with zero attached hydrogens (tertiary/aromatic N) is 1. The lowest BCUT2D eigenvalue weighted by molar-refractivity contribution is 0.582. The second-order valence-corrected chi connectivity index (χ2v) is 6.67. The Morgan fingerprint density at radius 2 is 1.86 bits per heavy atom. The number of aliphatic imine (C=N–C) groups is 1. The first kappa shape index (κ1) is 21.1. The first-order chi connectivity index (χ1) is 9.98. The lowest BCUT2D eigenvalue weighted by atomic mass is 10.1. The molecule has 3 N–H and O–H groups in total. The van der Waals surface area contributed by atoms with Gasteiger partial charge >= 0.3 is 0 Å². The number of nitrogens with one attached hydrogen (secondary N) is 3. The zero-order chi connectivity index (χ0) is 15.7. The van der Waals surface area contributed by atoms with Crippen LogP contribution in [0.2, 0.25) is 0 Å². The number of halogens is 1. The van der Waals surface area contributed by atoms with Crippen LogP contribution in [0.4, 0.5) is 0 Å². The summed E-state index contributed by atoms with van der Waals surface area (Å²) in [5.74, 6) is 0.738. The van der Waals surface area contributed by atoms with Gasteiger partial charge in [-0.2, -0.15) is 0 Å². The molecule has 0 amide bonds. The molecule has 6 nitrogen and oxygen atoms in total. The predicted octanol–water partition coefficient (Wildman–Crippen LogP) is 1.22. The van der Waals surface area contributed by atoms with Crippen molar-refractivity contribution in [1.82, 2.24) is 15.4 Å². The lowest BCUT2D eigenvalue weighted by Crippen LogP contribution is -2.41. The van der Waals surface area contributed by atoms with Gasteiger partial charge in [-0.1, -0.05) is 24.3 Å². The Hall–Kier alpha value is -0.870. The van der Waals surface area contributed by atoms with Gasteiger partial charge in [-0.15, -0.1) is 24.0 Å². The fourth-order valence-electron chi connectivity index (χ4n) is 1.70. The Kier molecular flexibility index (Phi) is 10.4. The molecule has 0 spiro atoms. The van der Waals surface area contributed by atoms with Crippen LogP contribution < -0.4 is 15.4 Å². The van der Waals surface area contributed by atoms with Crippen LogP contribution in [-0.4, -0.2) is 40.3 Å². The van der Waals surface area contributed by atoms with Crippen LogP contribution in [0.15, 0.2) is 29.3 Å². The van der Waals surface area contributed by atoms with Crippen LogP contribution >= 0.6 is 24.0 Å². The summed E-state index contributed by atoms with van der Waals surface area (Å²) in [5, 5.41) is 6.27. The summed E-state index contributed by atoms with van der Waals surface area (Å²) in [6.45, 7) is 5.16. The van der Waals surface area contributed by atoms with E-state index in [0.29, 0.717) is 25.6 Å². The zero-order valence-corrected chi connectivity index (χ0v) is 16.4. The smallest absolute Gasteiger partial charge is 0.211 e. The molecule has 1 aromatic rings. The van der Waals surface area contributed by atoms with Gasteiger partial charge in [0.15, 0.2) is 5.96 Å². The molecule has 0 heterocycles. The molecular formula is C14H25IN4O2S. The zero-order valence-electron chi connectivity index (χ0n) is 13.2. The van der Waals surface area contributed by atoms with E-state index >= 15 is 0 Å². The van der Waals surface area contributed by atoms with Crippen molar-refractivity contribution in [2.45, 2.75) is 20.4 Å². The fraction of sp³-hybridized carbons (Fsp3) is 0.500. The maximum Gasteiger partial charge on any atom is 0.211 e. The van der Waals surface area contributed by atoms with E-state index in [-0.39, 0.29) is 29.7 Å². The number of hydrogen-bond acceptors (Lipinski definition) is 3. The molecular weight excluding hydrogens is 415 g/mol. The van der Waals surface area contributed by atoms with E-state index in [1.165, 1.54) is 11.1 Å². The summed E-state index contributed by atoms with van der Waals surface area (Å²) in [7, 11) is -1.45. The van der Waals surface area contributed by atoms with Crippen molar-refractivity contribution in [3.63, 3.8) is 0 Å². The second-order valence-electron chi connectivity index (χ2n) is 4.58. The molecule has 0 fully saturated rings. The van der Waals surface area contributed by atoms with Crippen LogP contribution in [0.5, 0.6) is 0 Å². The molecule has 0 aliphatic rings. The molecule has 8 heteroatoms. The monoisotopic (exact) mass is 440 g/mol. The highest BCUT2D eigenvalue weighted by atomic mass is 127. The lowest BCUT2D eigenvalue weighted by Gasteiger charge is -2.13. The molecule has 0 aliphatic carbocycles. The van der Waals surface area contributed by atoms with Crippen LogP contribution in [-0.2, 0) is 16.6 Å². The molecule has 0 radical (unpaired) electrons. The van der Waals surface area contributed by atoms with Crippen LogP contribution in [0, 0.1) is 6.92 Å². The van der Waals surface area contributed by atoms with E-state index in [4.69, 9.17) is 0 Å². The van der Waals surface area contributed by atoms with E-state index in [2.05, 4.69) is 39.4 Å².